The Hall–Kier alpha value is -1.30. The third-order valence-corrected chi connectivity index (χ3v) is 4.37. The molecule has 6 nitrogen and oxygen atoms in total. The van der Waals surface area contributed by atoms with Gasteiger partial charge in [0.15, 0.2) is 0 Å². The normalized spacial score (nSPS) is 30.7. The molecule has 2 saturated carbocycles. The Balaban J connectivity index is 1.63. The molecule has 3 N–H and O–H groups in total. The van der Waals surface area contributed by atoms with Gasteiger partial charge < -0.3 is 20.4 Å². The minimum Gasteiger partial charge on any atom is -0.480 e. The van der Waals surface area contributed by atoms with Crippen molar-refractivity contribution in [3.8, 4) is 0 Å². The van der Waals surface area contributed by atoms with E-state index in [4.69, 9.17) is 5.11 Å². The highest BCUT2D eigenvalue weighted by Crippen LogP contribution is 2.44. The number of likely N-dealkylation sites (tertiary alicyclic amines) is 1. The van der Waals surface area contributed by atoms with Crippen LogP contribution in [-0.2, 0) is 4.79 Å². The van der Waals surface area contributed by atoms with Crippen LogP contribution in [0.25, 0.3) is 0 Å². The summed E-state index contributed by atoms with van der Waals surface area (Å²) in [6.07, 6.45) is 4.03. The van der Waals surface area contributed by atoms with Crippen LogP contribution in [0.3, 0.4) is 0 Å². The van der Waals surface area contributed by atoms with Crippen molar-refractivity contribution in [1.82, 2.24) is 10.2 Å². The number of carboxylic acid groups (broad SMARTS) is 1. The molecule has 2 amide bonds. The zero-order valence-corrected chi connectivity index (χ0v) is 10.8. The second-order valence-corrected chi connectivity index (χ2v) is 6.05. The summed E-state index contributed by atoms with van der Waals surface area (Å²) in [5.74, 6) is 0.112. The van der Waals surface area contributed by atoms with E-state index in [0.717, 1.165) is 25.7 Å². The molecule has 1 saturated heterocycles. The molecule has 0 aromatic carbocycles. The Bertz CT molecular complexity index is 380. The predicted octanol–water partition coefficient (Wildman–Crippen LogP) is 0.404. The first-order valence-electron chi connectivity index (χ1n) is 7.04. The summed E-state index contributed by atoms with van der Waals surface area (Å²) >= 11 is 0. The molecule has 19 heavy (non-hydrogen) atoms. The maximum atomic E-state index is 12.2. The van der Waals surface area contributed by atoms with Crippen molar-refractivity contribution in [1.29, 1.82) is 0 Å². The molecule has 0 unspecified atom stereocenters. The number of carbonyl (C=O) groups is 2. The number of aliphatic hydroxyl groups is 1. The Kier molecular flexibility index (Phi) is 3.12. The monoisotopic (exact) mass is 268 g/mol. The van der Waals surface area contributed by atoms with Crippen LogP contribution in [0.5, 0.6) is 0 Å². The first-order chi connectivity index (χ1) is 9.06. The average Bonchev–Trinajstić information content (AvgIpc) is 3.23. The third-order valence-electron chi connectivity index (χ3n) is 4.37. The minimum atomic E-state index is -1.04. The highest BCUT2D eigenvalue weighted by molar-refractivity contribution is 5.83. The van der Waals surface area contributed by atoms with Gasteiger partial charge in [0.2, 0.25) is 0 Å². The number of aliphatic hydroxyl groups excluding tert-OH is 1. The number of rotatable bonds is 4. The maximum absolute atomic E-state index is 12.2. The summed E-state index contributed by atoms with van der Waals surface area (Å²) in [6, 6.07) is -1.01. The third kappa shape index (κ3) is 2.68. The molecular weight excluding hydrogens is 248 g/mol. The molecule has 0 radical (unpaired) electrons. The lowest BCUT2D eigenvalue weighted by Gasteiger charge is -2.25. The molecule has 3 fully saturated rings. The minimum absolute atomic E-state index is 0.116. The summed E-state index contributed by atoms with van der Waals surface area (Å²) in [5.41, 5.74) is 0. The summed E-state index contributed by atoms with van der Waals surface area (Å²) in [6.45, 7) is 0.116. The fraction of sp³-hybridized carbons (Fsp3) is 0.846. The lowest BCUT2D eigenvalue weighted by atomic mass is 10.1. The molecule has 0 aromatic rings. The SMILES string of the molecule is O=C(O)[C@@H]1C[C@H](O)CN1C(=O)NC(C1CC1)C1CC1. The van der Waals surface area contributed by atoms with E-state index in [1.54, 1.807) is 0 Å². The number of hydrogen-bond donors (Lipinski definition) is 3. The highest BCUT2D eigenvalue weighted by atomic mass is 16.4. The number of aliphatic carboxylic acids is 1. The zero-order valence-electron chi connectivity index (χ0n) is 10.8. The van der Waals surface area contributed by atoms with Crippen LogP contribution < -0.4 is 5.32 Å². The quantitative estimate of drug-likeness (QED) is 0.688. The average molecular weight is 268 g/mol. The van der Waals surface area contributed by atoms with E-state index in [-0.39, 0.29) is 25.0 Å². The van der Waals surface area contributed by atoms with Crippen LogP contribution in [0.1, 0.15) is 32.1 Å². The van der Waals surface area contributed by atoms with E-state index in [1.165, 1.54) is 4.90 Å². The number of hydrogen-bond acceptors (Lipinski definition) is 3. The van der Waals surface area contributed by atoms with E-state index < -0.39 is 18.1 Å². The van der Waals surface area contributed by atoms with E-state index in [2.05, 4.69) is 5.32 Å². The molecule has 1 aliphatic heterocycles. The molecular formula is C13H20N2O4. The van der Waals surface area contributed by atoms with Crippen molar-refractivity contribution in [3.05, 3.63) is 0 Å². The molecule has 106 valence electrons. The van der Waals surface area contributed by atoms with Gasteiger partial charge in [-0.2, -0.15) is 0 Å². The van der Waals surface area contributed by atoms with Crippen LogP contribution in [0.4, 0.5) is 4.79 Å². The number of urea groups is 1. The standard InChI is InChI=1S/C13H20N2O4/c16-9-5-10(12(17)18)15(6-9)13(19)14-11(7-1-2-7)8-3-4-8/h7-11,16H,1-6H2,(H,14,19)(H,17,18)/t9-,10-/m0/s1. The van der Waals surface area contributed by atoms with Crippen molar-refractivity contribution in [2.24, 2.45) is 11.8 Å². The Labute approximate surface area is 111 Å². The Morgan fingerprint density at radius 3 is 2.21 bits per heavy atom. The van der Waals surface area contributed by atoms with Crippen molar-refractivity contribution < 1.29 is 19.8 Å². The number of β-amino-alcohol motifs (C(OH)–C–C–N with tert-alkyl or cyclic N) is 1. The van der Waals surface area contributed by atoms with Gasteiger partial charge in [0.05, 0.1) is 6.10 Å². The number of nitrogens with one attached hydrogen (secondary N) is 1. The number of carbonyl (C=O) groups excluding carboxylic acids is 1. The van der Waals surface area contributed by atoms with Gasteiger partial charge in [-0.05, 0) is 37.5 Å². The van der Waals surface area contributed by atoms with Crippen LogP contribution in [0, 0.1) is 11.8 Å². The van der Waals surface area contributed by atoms with Crippen LogP contribution in [0.15, 0.2) is 0 Å². The van der Waals surface area contributed by atoms with Gasteiger partial charge in [0.25, 0.3) is 0 Å². The Morgan fingerprint density at radius 1 is 1.16 bits per heavy atom. The molecule has 1 heterocycles. The van der Waals surface area contributed by atoms with Gasteiger partial charge in [-0.3, -0.25) is 0 Å². The first-order valence-corrected chi connectivity index (χ1v) is 7.04. The molecule has 3 rings (SSSR count). The molecule has 0 bridgehead atoms. The lowest BCUT2D eigenvalue weighted by Crippen LogP contribution is -2.50. The van der Waals surface area contributed by atoms with Crippen LogP contribution in [0.2, 0.25) is 0 Å². The van der Waals surface area contributed by atoms with Gasteiger partial charge in [-0.1, -0.05) is 0 Å². The topological polar surface area (TPSA) is 89.9 Å². The summed E-state index contributed by atoms with van der Waals surface area (Å²) in [7, 11) is 0. The molecule has 0 aromatic heterocycles. The second-order valence-electron chi connectivity index (χ2n) is 6.05. The van der Waals surface area contributed by atoms with Crippen molar-refractivity contribution >= 4 is 12.0 Å². The van der Waals surface area contributed by atoms with Crippen molar-refractivity contribution in [3.63, 3.8) is 0 Å². The summed E-state index contributed by atoms with van der Waals surface area (Å²) in [4.78, 5) is 24.6. The summed E-state index contributed by atoms with van der Waals surface area (Å²) in [5, 5.41) is 21.7. The highest BCUT2D eigenvalue weighted by Gasteiger charge is 2.45. The summed E-state index contributed by atoms with van der Waals surface area (Å²) < 4.78 is 0. The Morgan fingerprint density at radius 2 is 1.74 bits per heavy atom. The smallest absolute Gasteiger partial charge is 0.326 e. The molecule has 3 aliphatic rings. The van der Waals surface area contributed by atoms with E-state index in [1.807, 2.05) is 0 Å². The maximum Gasteiger partial charge on any atom is 0.326 e. The largest absolute Gasteiger partial charge is 0.480 e. The van der Waals surface area contributed by atoms with Gasteiger partial charge in [0, 0.05) is 19.0 Å². The van der Waals surface area contributed by atoms with E-state index in [0.29, 0.717) is 11.8 Å². The molecule has 0 spiro atoms. The molecule has 2 aliphatic carbocycles. The van der Waals surface area contributed by atoms with Crippen LogP contribution in [-0.4, -0.2) is 51.8 Å². The van der Waals surface area contributed by atoms with Gasteiger partial charge in [-0.15, -0.1) is 0 Å². The van der Waals surface area contributed by atoms with Crippen molar-refractivity contribution in [2.45, 2.75) is 50.3 Å². The predicted molar refractivity (Wildman–Crippen MR) is 66.5 cm³/mol. The van der Waals surface area contributed by atoms with Crippen molar-refractivity contribution in [2.75, 3.05) is 6.54 Å². The van der Waals surface area contributed by atoms with E-state index >= 15 is 0 Å². The van der Waals surface area contributed by atoms with Gasteiger partial charge in [0.1, 0.15) is 6.04 Å². The number of carboxylic acids is 1. The number of nitrogens with zero attached hydrogens (tertiary/aromatic N) is 1. The second kappa shape index (κ2) is 4.67. The van der Waals surface area contributed by atoms with Gasteiger partial charge >= 0.3 is 12.0 Å². The molecule has 6 heteroatoms. The fourth-order valence-corrected chi connectivity index (χ4v) is 3.03. The van der Waals surface area contributed by atoms with Gasteiger partial charge in [-0.25, -0.2) is 9.59 Å². The lowest BCUT2D eigenvalue weighted by molar-refractivity contribution is -0.141. The fourth-order valence-electron chi connectivity index (χ4n) is 3.03. The number of amides is 2. The molecule has 2 atom stereocenters. The van der Waals surface area contributed by atoms with Crippen LogP contribution >= 0.6 is 0 Å². The zero-order chi connectivity index (χ0) is 13.6. The van der Waals surface area contributed by atoms with E-state index in [9.17, 15) is 14.7 Å². The first kappa shape index (κ1) is 12.7.